The number of aromatic nitrogens is 1. The summed E-state index contributed by atoms with van der Waals surface area (Å²) >= 11 is 12.1. The van der Waals surface area contributed by atoms with E-state index < -0.39 is 0 Å². The van der Waals surface area contributed by atoms with E-state index in [1.165, 1.54) is 0 Å². The predicted octanol–water partition coefficient (Wildman–Crippen LogP) is 8.23. The molecule has 0 aliphatic carbocycles. The second kappa shape index (κ2) is 7.86. The van der Waals surface area contributed by atoms with Gasteiger partial charge in [0.2, 0.25) is 0 Å². The number of furan rings is 1. The molecular formula is C25H15Cl2NO2. The lowest BCUT2D eigenvalue weighted by Crippen LogP contribution is -1.76. The molecule has 0 aliphatic rings. The van der Waals surface area contributed by atoms with E-state index in [4.69, 9.17) is 32.1 Å². The molecule has 0 N–H and O–H groups in total. The van der Waals surface area contributed by atoms with Crippen molar-refractivity contribution in [3.63, 3.8) is 0 Å². The van der Waals surface area contributed by atoms with E-state index in [0.717, 1.165) is 44.9 Å². The topological polar surface area (TPSA) is 39.2 Å². The fourth-order valence-corrected chi connectivity index (χ4v) is 3.59. The molecule has 146 valence electrons. The Hall–Kier alpha value is -3.27. The normalized spacial score (nSPS) is 11.5. The molecule has 3 nitrogen and oxygen atoms in total. The van der Waals surface area contributed by atoms with Gasteiger partial charge in [-0.05, 0) is 54.1 Å². The van der Waals surface area contributed by atoms with Crippen molar-refractivity contribution in [1.29, 1.82) is 0 Å². The van der Waals surface area contributed by atoms with E-state index in [9.17, 15) is 0 Å². The van der Waals surface area contributed by atoms with Crippen molar-refractivity contribution in [3.05, 3.63) is 100 Å². The molecule has 0 saturated heterocycles. The van der Waals surface area contributed by atoms with Gasteiger partial charge in [0.05, 0.1) is 10.0 Å². The van der Waals surface area contributed by atoms with Gasteiger partial charge in [-0.2, -0.15) is 0 Å². The van der Waals surface area contributed by atoms with Gasteiger partial charge in [-0.3, -0.25) is 0 Å². The van der Waals surface area contributed by atoms with E-state index in [0.29, 0.717) is 10.0 Å². The fourth-order valence-electron chi connectivity index (χ4n) is 3.29. The van der Waals surface area contributed by atoms with Crippen molar-refractivity contribution in [2.75, 3.05) is 0 Å². The number of hydrogen-bond donors (Lipinski definition) is 0. The van der Waals surface area contributed by atoms with Gasteiger partial charge < -0.3 is 8.94 Å². The van der Waals surface area contributed by atoms with Crippen LogP contribution < -0.4 is 0 Å². The van der Waals surface area contributed by atoms with Crippen LogP contribution in [0, 0.1) is 0 Å². The zero-order chi connectivity index (χ0) is 20.5. The minimum atomic E-state index is 0.499. The Morgan fingerprint density at radius 2 is 1.60 bits per heavy atom. The molecule has 3 aromatic carbocycles. The zero-order valence-corrected chi connectivity index (χ0v) is 17.2. The smallest absolute Gasteiger partial charge is 0.174 e. The number of benzene rings is 3. The van der Waals surface area contributed by atoms with Crippen LogP contribution in [-0.2, 0) is 0 Å². The summed E-state index contributed by atoms with van der Waals surface area (Å²) in [7, 11) is 0. The van der Waals surface area contributed by atoms with Crippen LogP contribution in [0.1, 0.15) is 11.3 Å². The lowest BCUT2D eigenvalue weighted by Gasteiger charge is -1.99. The minimum Gasteiger partial charge on any atom is -0.457 e. The van der Waals surface area contributed by atoms with E-state index in [1.54, 1.807) is 12.1 Å². The average molecular weight is 432 g/mol. The Balaban J connectivity index is 1.39. The third-order valence-corrected chi connectivity index (χ3v) is 5.55. The first-order chi connectivity index (χ1) is 14.7. The number of fused-ring (bicyclic) bond motifs is 1. The number of hydrogen-bond acceptors (Lipinski definition) is 3. The summed E-state index contributed by atoms with van der Waals surface area (Å²) in [6.45, 7) is 0. The molecule has 2 aromatic heterocycles. The Kier molecular flexibility index (Phi) is 4.91. The highest BCUT2D eigenvalue weighted by molar-refractivity contribution is 6.42. The van der Waals surface area contributed by atoms with E-state index in [1.807, 2.05) is 78.9 Å². The molecule has 0 fully saturated rings. The summed E-state index contributed by atoms with van der Waals surface area (Å²) in [5.41, 5.74) is 3.70. The van der Waals surface area contributed by atoms with Gasteiger partial charge in [-0.25, -0.2) is 0 Å². The Labute approximate surface area is 183 Å². The molecular weight excluding hydrogens is 417 g/mol. The molecule has 0 spiro atoms. The maximum Gasteiger partial charge on any atom is 0.174 e. The quantitative estimate of drug-likeness (QED) is 0.287. The Morgan fingerprint density at radius 1 is 0.733 bits per heavy atom. The molecule has 0 atom stereocenters. The first kappa shape index (κ1) is 18.7. The van der Waals surface area contributed by atoms with Crippen molar-refractivity contribution in [2.45, 2.75) is 0 Å². The summed E-state index contributed by atoms with van der Waals surface area (Å²) in [5, 5.41) is 6.22. The number of rotatable bonds is 4. The molecule has 5 rings (SSSR count). The maximum atomic E-state index is 6.10. The molecule has 0 radical (unpaired) electrons. The van der Waals surface area contributed by atoms with Crippen molar-refractivity contribution >= 4 is 46.3 Å². The number of nitrogens with zero attached hydrogens (tertiary/aromatic N) is 1. The largest absolute Gasteiger partial charge is 0.457 e. The van der Waals surface area contributed by atoms with Crippen LogP contribution in [0.3, 0.4) is 0 Å². The predicted molar refractivity (Wildman–Crippen MR) is 123 cm³/mol. The molecule has 0 saturated carbocycles. The van der Waals surface area contributed by atoms with Crippen LogP contribution in [-0.4, -0.2) is 5.16 Å². The monoisotopic (exact) mass is 431 g/mol. The summed E-state index contributed by atoms with van der Waals surface area (Å²) in [4.78, 5) is 0. The van der Waals surface area contributed by atoms with Gasteiger partial charge in [0.1, 0.15) is 17.0 Å². The third-order valence-electron chi connectivity index (χ3n) is 4.81. The van der Waals surface area contributed by atoms with Crippen LogP contribution >= 0.6 is 23.2 Å². The second-order valence-corrected chi connectivity index (χ2v) is 7.63. The summed E-state index contributed by atoms with van der Waals surface area (Å²) in [6, 6.07) is 25.3. The second-order valence-electron chi connectivity index (χ2n) is 6.82. The Morgan fingerprint density at radius 3 is 2.43 bits per heavy atom. The van der Waals surface area contributed by atoms with E-state index >= 15 is 0 Å². The molecule has 0 bridgehead atoms. The molecule has 2 heterocycles. The standard InChI is InChI=1S/C25H15Cl2NO2/c26-21-12-8-18(15-22(21)27)24-13-10-19(29-24)9-6-16-7-11-20-23(14-16)28-30-25(20)17-4-2-1-3-5-17/h1-15H/b9-6+. The van der Waals surface area contributed by atoms with Gasteiger partial charge in [-0.15, -0.1) is 0 Å². The Bertz CT molecular complexity index is 1370. The third kappa shape index (κ3) is 3.65. The summed E-state index contributed by atoms with van der Waals surface area (Å²) in [5.74, 6) is 2.24. The highest BCUT2D eigenvalue weighted by Crippen LogP contribution is 2.31. The van der Waals surface area contributed by atoms with Crippen molar-refractivity contribution in [3.8, 4) is 22.6 Å². The van der Waals surface area contributed by atoms with E-state index in [2.05, 4.69) is 5.16 Å². The van der Waals surface area contributed by atoms with Gasteiger partial charge in [-0.1, -0.05) is 70.8 Å². The molecule has 0 unspecified atom stereocenters. The molecule has 30 heavy (non-hydrogen) atoms. The van der Waals surface area contributed by atoms with Crippen molar-refractivity contribution < 1.29 is 8.94 Å². The first-order valence-corrected chi connectivity index (χ1v) is 10.1. The van der Waals surface area contributed by atoms with Crippen LogP contribution in [0.2, 0.25) is 10.0 Å². The van der Waals surface area contributed by atoms with Crippen LogP contribution in [0.15, 0.2) is 87.8 Å². The summed E-state index contributed by atoms with van der Waals surface area (Å²) < 4.78 is 11.5. The average Bonchev–Trinajstić information content (AvgIpc) is 3.42. The van der Waals surface area contributed by atoms with Crippen LogP contribution in [0.25, 0.3) is 45.7 Å². The van der Waals surface area contributed by atoms with Gasteiger partial charge in [0, 0.05) is 16.5 Å². The van der Waals surface area contributed by atoms with Crippen LogP contribution in [0.5, 0.6) is 0 Å². The SMILES string of the molecule is Clc1ccc(-c2ccc(/C=C/c3ccc4c(-c5ccccc5)onc4c3)o2)cc1Cl. The number of halogens is 2. The lowest BCUT2D eigenvalue weighted by atomic mass is 10.1. The highest BCUT2D eigenvalue weighted by Gasteiger charge is 2.10. The van der Waals surface area contributed by atoms with E-state index in [-0.39, 0.29) is 0 Å². The van der Waals surface area contributed by atoms with Crippen LogP contribution in [0.4, 0.5) is 0 Å². The molecule has 0 aliphatic heterocycles. The van der Waals surface area contributed by atoms with Gasteiger partial charge in [0.25, 0.3) is 0 Å². The lowest BCUT2D eigenvalue weighted by molar-refractivity contribution is 0.441. The van der Waals surface area contributed by atoms with Gasteiger partial charge >= 0.3 is 0 Å². The molecule has 5 aromatic rings. The van der Waals surface area contributed by atoms with Crippen molar-refractivity contribution in [2.24, 2.45) is 0 Å². The fraction of sp³-hybridized carbons (Fsp3) is 0. The zero-order valence-electron chi connectivity index (χ0n) is 15.7. The minimum absolute atomic E-state index is 0.499. The summed E-state index contributed by atoms with van der Waals surface area (Å²) in [6.07, 6.45) is 3.90. The van der Waals surface area contributed by atoms with Crippen molar-refractivity contribution in [1.82, 2.24) is 5.16 Å². The first-order valence-electron chi connectivity index (χ1n) is 9.35. The highest BCUT2D eigenvalue weighted by atomic mass is 35.5. The maximum absolute atomic E-state index is 6.10. The van der Waals surface area contributed by atoms with Gasteiger partial charge in [0.15, 0.2) is 5.76 Å². The molecule has 0 amide bonds. The molecule has 5 heteroatoms.